The minimum Gasteiger partial charge on any atom is -0.511 e. The van der Waals surface area contributed by atoms with Crippen molar-refractivity contribution in [2.75, 3.05) is 0 Å². The van der Waals surface area contributed by atoms with E-state index in [1.807, 2.05) is 30.3 Å². The zero-order valence-corrected chi connectivity index (χ0v) is 7.57. The number of aromatic nitrogens is 1. The van der Waals surface area contributed by atoms with Crippen LogP contribution in [0.5, 0.6) is 0 Å². The summed E-state index contributed by atoms with van der Waals surface area (Å²) in [6.45, 7) is 0. The lowest BCUT2D eigenvalue weighted by Crippen LogP contribution is -2.24. The number of pyridine rings is 1. The molecule has 14 heavy (non-hydrogen) atoms. The van der Waals surface area contributed by atoms with Crippen LogP contribution >= 0.6 is 0 Å². The van der Waals surface area contributed by atoms with Crippen LogP contribution in [0.4, 0.5) is 0 Å². The van der Waals surface area contributed by atoms with Crippen molar-refractivity contribution in [3.05, 3.63) is 40.9 Å². The molecule has 2 heteroatoms. The van der Waals surface area contributed by atoms with Crippen molar-refractivity contribution in [3.8, 4) is 0 Å². The third-order valence-electron chi connectivity index (χ3n) is 2.61. The van der Waals surface area contributed by atoms with Gasteiger partial charge in [-0.25, -0.2) is 0 Å². The van der Waals surface area contributed by atoms with Gasteiger partial charge in [-0.15, -0.1) is 0 Å². The van der Waals surface area contributed by atoms with Gasteiger partial charge < -0.3 is 5.11 Å². The lowest BCUT2D eigenvalue weighted by atomic mass is 10.1. The Morgan fingerprint density at radius 3 is 3.07 bits per heavy atom. The Kier molecular flexibility index (Phi) is 1.39. The van der Waals surface area contributed by atoms with Gasteiger partial charge in [-0.1, -0.05) is 24.3 Å². The van der Waals surface area contributed by atoms with Crippen LogP contribution in [0.25, 0.3) is 22.7 Å². The number of hydrogen-bond donors (Lipinski definition) is 1. The summed E-state index contributed by atoms with van der Waals surface area (Å²) in [7, 11) is 0. The average molecular weight is 183 g/mol. The quantitative estimate of drug-likeness (QED) is 0.663. The third-order valence-corrected chi connectivity index (χ3v) is 2.61. The van der Waals surface area contributed by atoms with Crippen LogP contribution in [0.1, 0.15) is 6.42 Å². The molecular weight excluding hydrogens is 174 g/mol. The summed E-state index contributed by atoms with van der Waals surface area (Å²) in [5, 5.41) is 12.8. The zero-order chi connectivity index (χ0) is 9.54. The van der Waals surface area contributed by atoms with E-state index in [-0.39, 0.29) is 0 Å². The van der Waals surface area contributed by atoms with Crippen molar-refractivity contribution in [1.82, 2.24) is 4.98 Å². The second-order valence-corrected chi connectivity index (χ2v) is 3.46. The fraction of sp³-hybridized carbons (Fsp3) is 0.0833. The molecule has 0 amide bonds. The summed E-state index contributed by atoms with van der Waals surface area (Å²) < 4.78 is 0. The van der Waals surface area contributed by atoms with E-state index in [1.165, 1.54) is 0 Å². The SMILES string of the molecule is OC1=c2c(ccc3cccnc23)=CC1. The molecule has 2 aromatic rings. The molecule has 0 atom stereocenters. The van der Waals surface area contributed by atoms with Crippen LogP contribution in [0.15, 0.2) is 30.5 Å². The molecule has 0 radical (unpaired) electrons. The largest absolute Gasteiger partial charge is 0.511 e. The molecule has 0 bridgehead atoms. The van der Waals surface area contributed by atoms with E-state index in [9.17, 15) is 5.11 Å². The Bertz CT molecular complexity index is 628. The number of rotatable bonds is 0. The van der Waals surface area contributed by atoms with E-state index in [1.54, 1.807) is 6.20 Å². The summed E-state index contributed by atoms with van der Waals surface area (Å²) in [6.07, 6.45) is 4.41. The second-order valence-electron chi connectivity index (χ2n) is 3.46. The summed E-state index contributed by atoms with van der Waals surface area (Å²) in [5.74, 6) is 0.435. The van der Waals surface area contributed by atoms with Crippen LogP contribution in [-0.2, 0) is 0 Å². The maximum atomic E-state index is 9.72. The fourth-order valence-electron chi connectivity index (χ4n) is 1.94. The summed E-state index contributed by atoms with van der Waals surface area (Å²) in [4.78, 5) is 4.30. The molecule has 1 heterocycles. The van der Waals surface area contributed by atoms with E-state index in [0.29, 0.717) is 12.2 Å². The smallest absolute Gasteiger partial charge is 0.106 e. The molecule has 2 nitrogen and oxygen atoms in total. The molecular formula is C12H9NO. The highest BCUT2D eigenvalue weighted by atomic mass is 16.3. The van der Waals surface area contributed by atoms with Crippen molar-refractivity contribution in [1.29, 1.82) is 0 Å². The summed E-state index contributed by atoms with van der Waals surface area (Å²) >= 11 is 0. The lowest BCUT2D eigenvalue weighted by Gasteiger charge is -1.96. The van der Waals surface area contributed by atoms with Gasteiger partial charge in [0.15, 0.2) is 0 Å². The van der Waals surface area contributed by atoms with Crippen LogP contribution in [0.3, 0.4) is 0 Å². The highest BCUT2D eigenvalue weighted by molar-refractivity contribution is 5.82. The Hall–Kier alpha value is -1.83. The van der Waals surface area contributed by atoms with Gasteiger partial charge in [-0.3, -0.25) is 4.98 Å². The molecule has 0 saturated heterocycles. The Balaban J connectivity index is 2.69. The minimum absolute atomic E-state index is 0.435. The number of nitrogens with zero attached hydrogens (tertiary/aromatic N) is 1. The van der Waals surface area contributed by atoms with E-state index in [0.717, 1.165) is 21.3 Å². The maximum absolute atomic E-state index is 9.72. The summed E-state index contributed by atoms with van der Waals surface area (Å²) in [5.41, 5.74) is 0.899. The van der Waals surface area contributed by atoms with Crippen molar-refractivity contribution < 1.29 is 5.11 Å². The van der Waals surface area contributed by atoms with Crippen LogP contribution in [-0.4, -0.2) is 10.1 Å². The average Bonchev–Trinajstić information content (AvgIpc) is 2.61. The first-order valence-corrected chi connectivity index (χ1v) is 4.62. The lowest BCUT2D eigenvalue weighted by molar-refractivity contribution is 0.494. The van der Waals surface area contributed by atoms with Gasteiger partial charge >= 0.3 is 0 Å². The van der Waals surface area contributed by atoms with E-state index in [4.69, 9.17) is 0 Å². The van der Waals surface area contributed by atoms with Crippen LogP contribution in [0.2, 0.25) is 0 Å². The predicted octanol–water partition coefficient (Wildman–Crippen LogP) is 1.09. The minimum atomic E-state index is 0.435. The van der Waals surface area contributed by atoms with Gasteiger partial charge in [0.05, 0.1) is 5.52 Å². The molecule has 1 aliphatic carbocycles. The van der Waals surface area contributed by atoms with E-state index >= 15 is 0 Å². The number of fused-ring (bicyclic) bond motifs is 3. The maximum Gasteiger partial charge on any atom is 0.106 e. The van der Waals surface area contributed by atoms with Crippen LogP contribution in [0, 0.1) is 0 Å². The first-order chi connectivity index (χ1) is 6.86. The molecule has 1 N–H and O–H groups in total. The van der Waals surface area contributed by atoms with Gasteiger partial charge in [0.2, 0.25) is 0 Å². The predicted molar refractivity (Wildman–Crippen MR) is 56.1 cm³/mol. The van der Waals surface area contributed by atoms with Crippen molar-refractivity contribution in [2.24, 2.45) is 0 Å². The number of aliphatic hydroxyl groups excluding tert-OH is 1. The molecule has 0 unspecified atom stereocenters. The summed E-state index contributed by atoms with van der Waals surface area (Å²) in [6, 6.07) is 7.98. The number of aliphatic hydroxyl groups is 1. The van der Waals surface area contributed by atoms with Gasteiger partial charge in [-0.05, 0) is 11.3 Å². The number of hydrogen-bond acceptors (Lipinski definition) is 2. The zero-order valence-electron chi connectivity index (χ0n) is 7.57. The topological polar surface area (TPSA) is 33.1 Å². The highest BCUT2D eigenvalue weighted by Gasteiger charge is 2.06. The molecule has 0 aliphatic heterocycles. The Morgan fingerprint density at radius 2 is 2.14 bits per heavy atom. The molecule has 68 valence electrons. The van der Waals surface area contributed by atoms with Crippen molar-refractivity contribution in [2.45, 2.75) is 6.42 Å². The van der Waals surface area contributed by atoms with Gasteiger partial charge in [-0.2, -0.15) is 0 Å². The van der Waals surface area contributed by atoms with Gasteiger partial charge in [0, 0.05) is 23.2 Å². The first-order valence-electron chi connectivity index (χ1n) is 4.62. The Labute approximate surface area is 80.8 Å². The first kappa shape index (κ1) is 7.56. The molecule has 1 aromatic heterocycles. The number of benzene rings is 1. The molecule has 0 spiro atoms. The highest BCUT2D eigenvalue weighted by Crippen LogP contribution is 2.08. The fourth-order valence-corrected chi connectivity index (χ4v) is 1.94. The van der Waals surface area contributed by atoms with E-state index in [2.05, 4.69) is 4.98 Å². The molecule has 1 aromatic carbocycles. The van der Waals surface area contributed by atoms with E-state index < -0.39 is 0 Å². The van der Waals surface area contributed by atoms with Crippen molar-refractivity contribution >= 4 is 22.7 Å². The van der Waals surface area contributed by atoms with Gasteiger partial charge in [0.25, 0.3) is 0 Å². The van der Waals surface area contributed by atoms with Crippen molar-refractivity contribution in [3.63, 3.8) is 0 Å². The third kappa shape index (κ3) is 0.880. The molecule has 0 fully saturated rings. The van der Waals surface area contributed by atoms with Gasteiger partial charge in [0.1, 0.15) is 5.76 Å². The molecule has 0 saturated carbocycles. The standard InChI is InChI=1S/C12H9NO/c14-10-6-5-8-3-4-9-2-1-7-13-12(9)11(8)10/h1-5,7,14H,6H2. The Morgan fingerprint density at radius 1 is 1.21 bits per heavy atom. The monoisotopic (exact) mass is 183 g/mol. The molecule has 1 aliphatic rings. The van der Waals surface area contributed by atoms with Crippen LogP contribution < -0.4 is 10.4 Å². The second kappa shape index (κ2) is 2.58. The normalized spacial score (nSPS) is 14.1. The molecule has 3 rings (SSSR count).